The molecule has 0 aromatic heterocycles. The average molecular weight is 361 g/mol. The van der Waals surface area contributed by atoms with Crippen LogP contribution in [0.5, 0.6) is 0 Å². The van der Waals surface area contributed by atoms with Crippen LogP contribution in [0.25, 0.3) is 0 Å². The lowest BCUT2D eigenvalue weighted by Gasteiger charge is -2.25. The topological polar surface area (TPSA) is 18.5 Å². The first-order valence-corrected chi connectivity index (χ1v) is 9.46. The Kier molecular flexibility index (Phi) is 4.81. The Bertz CT molecular complexity index is 749. The van der Waals surface area contributed by atoms with Gasteiger partial charge in [-0.25, -0.2) is 8.78 Å². The first-order chi connectivity index (χ1) is 12.2. The molecule has 3 nitrogen and oxygen atoms in total. The Balaban J connectivity index is 1.55. The van der Waals surface area contributed by atoms with E-state index in [1.807, 2.05) is 22.5 Å². The van der Waals surface area contributed by atoms with Gasteiger partial charge in [-0.3, -0.25) is 8.61 Å². The summed E-state index contributed by atoms with van der Waals surface area (Å²) in [6.45, 7) is 3.12. The van der Waals surface area contributed by atoms with E-state index in [-0.39, 0.29) is 0 Å². The van der Waals surface area contributed by atoms with E-state index in [2.05, 4.69) is 15.7 Å². The van der Waals surface area contributed by atoms with Gasteiger partial charge in [-0.1, -0.05) is 12.1 Å². The van der Waals surface area contributed by atoms with Gasteiger partial charge >= 0.3 is 0 Å². The number of hydrogen-bond donors (Lipinski definition) is 1. The first kappa shape index (κ1) is 16.7. The minimum absolute atomic E-state index is 0.392. The molecular formula is C19H21F2N3S. The number of para-hydroxylation sites is 2. The number of nitrogens with zero attached hydrogens (tertiary/aromatic N) is 2. The first-order valence-electron chi connectivity index (χ1n) is 8.73. The fourth-order valence-corrected chi connectivity index (χ4v) is 4.59. The second-order valence-electron chi connectivity index (χ2n) is 6.54. The van der Waals surface area contributed by atoms with Crippen molar-refractivity contribution in [3.8, 4) is 0 Å². The molecule has 1 fully saturated rings. The smallest absolute Gasteiger partial charge is 0.150 e. The van der Waals surface area contributed by atoms with Crippen molar-refractivity contribution in [2.45, 2.75) is 19.3 Å². The summed E-state index contributed by atoms with van der Waals surface area (Å²) < 4.78 is 31.6. The Hall–Kier alpha value is -1.79. The SMILES string of the molecule is Fc1ccc(N2SN(CCC3CCNCC3)c3ccccc32)c(F)c1. The molecule has 2 aromatic rings. The molecule has 25 heavy (non-hydrogen) atoms. The van der Waals surface area contributed by atoms with E-state index in [4.69, 9.17) is 0 Å². The number of benzene rings is 2. The van der Waals surface area contributed by atoms with Gasteiger partial charge in [0.1, 0.15) is 5.82 Å². The van der Waals surface area contributed by atoms with Crippen molar-refractivity contribution in [3.63, 3.8) is 0 Å². The van der Waals surface area contributed by atoms with Crippen molar-refractivity contribution >= 4 is 29.2 Å². The van der Waals surface area contributed by atoms with Crippen LogP contribution in [-0.2, 0) is 0 Å². The third kappa shape index (κ3) is 3.46. The molecule has 2 heterocycles. The van der Waals surface area contributed by atoms with Gasteiger partial charge in [-0.05, 0) is 62.5 Å². The van der Waals surface area contributed by atoms with Crippen LogP contribution in [0, 0.1) is 17.6 Å². The minimum atomic E-state index is -0.554. The van der Waals surface area contributed by atoms with Gasteiger partial charge in [0.05, 0.1) is 29.2 Å². The maximum atomic E-state index is 14.3. The van der Waals surface area contributed by atoms with Crippen LogP contribution < -0.4 is 13.9 Å². The van der Waals surface area contributed by atoms with E-state index in [9.17, 15) is 8.78 Å². The zero-order valence-electron chi connectivity index (χ0n) is 13.9. The highest BCUT2D eigenvalue weighted by atomic mass is 32.2. The van der Waals surface area contributed by atoms with Gasteiger partial charge in [0, 0.05) is 12.6 Å². The summed E-state index contributed by atoms with van der Waals surface area (Å²) in [5.74, 6) is -0.352. The Morgan fingerprint density at radius 2 is 1.76 bits per heavy atom. The fraction of sp³-hybridized carbons (Fsp3) is 0.368. The number of halogens is 2. The molecule has 2 aliphatic rings. The van der Waals surface area contributed by atoms with Crippen LogP contribution >= 0.6 is 12.1 Å². The zero-order valence-corrected chi connectivity index (χ0v) is 14.7. The number of hydrogen-bond acceptors (Lipinski definition) is 4. The molecule has 0 saturated carbocycles. The lowest BCUT2D eigenvalue weighted by atomic mass is 9.95. The summed E-state index contributed by atoms with van der Waals surface area (Å²) in [6.07, 6.45) is 3.57. The van der Waals surface area contributed by atoms with Gasteiger partial charge in [0.15, 0.2) is 5.82 Å². The van der Waals surface area contributed by atoms with Gasteiger partial charge in [-0.15, -0.1) is 0 Å². The molecule has 0 unspecified atom stereocenters. The largest absolute Gasteiger partial charge is 0.317 e. The Morgan fingerprint density at radius 3 is 2.52 bits per heavy atom. The maximum absolute atomic E-state index is 14.3. The van der Waals surface area contributed by atoms with Gasteiger partial charge < -0.3 is 5.32 Å². The van der Waals surface area contributed by atoms with Crippen LogP contribution in [-0.4, -0.2) is 19.6 Å². The quantitative estimate of drug-likeness (QED) is 0.782. The van der Waals surface area contributed by atoms with Crippen molar-refractivity contribution in [1.29, 1.82) is 0 Å². The lowest BCUT2D eigenvalue weighted by Crippen LogP contribution is -2.29. The van der Waals surface area contributed by atoms with Crippen LogP contribution in [0.2, 0.25) is 0 Å². The van der Waals surface area contributed by atoms with Gasteiger partial charge in [-0.2, -0.15) is 0 Å². The number of nitrogens with one attached hydrogen (secondary N) is 1. The molecule has 0 bridgehead atoms. The highest BCUT2D eigenvalue weighted by molar-refractivity contribution is 8.02. The molecule has 0 radical (unpaired) electrons. The van der Waals surface area contributed by atoms with E-state index >= 15 is 0 Å². The third-order valence-corrected chi connectivity index (χ3v) is 6.01. The Labute approximate surface area is 151 Å². The molecule has 0 aliphatic carbocycles. The summed E-state index contributed by atoms with van der Waals surface area (Å²) in [5.41, 5.74) is 2.43. The third-order valence-electron chi connectivity index (χ3n) is 4.88. The molecular weight excluding hydrogens is 340 g/mol. The van der Waals surface area contributed by atoms with Crippen molar-refractivity contribution in [3.05, 3.63) is 54.1 Å². The molecule has 0 amide bonds. The summed E-state index contributed by atoms with van der Waals surface area (Å²) in [7, 11) is 0. The minimum Gasteiger partial charge on any atom is -0.317 e. The summed E-state index contributed by atoms with van der Waals surface area (Å²) in [4.78, 5) is 0. The van der Waals surface area contributed by atoms with Crippen molar-refractivity contribution in [1.82, 2.24) is 5.32 Å². The molecule has 4 rings (SSSR count). The lowest BCUT2D eigenvalue weighted by molar-refractivity contribution is 0.359. The molecule has 2 aromatic carbocycles. The van der Waals surface area contributed by atoms with Crippen LogP contribution in [0.3, 0.4) is 0 Å². The highest BCUT2D eigenvalue weighted by Crippen LogP contribution is 2.49. The molecule has 1 N–H and O–H groups in total. The normalized spacial score (nSPS) is 17.8. The predicted molar refractivity (Wildman–Crippen MR) is 100 cm³/mol. The monoisotopic (exact) mass is 361 g/mol. The molecule has 6 heteroatoms. The van der Waals surface area contributed by atoms with Crippen molar-refractivity contribution in [2.75, 3.05) is 28.2 Å². The van der Waals surface area contributed by atoms with E-state index in [1.165, 1.54) is 37.1 Å². The molecule has 1 saturated heterocycles. The maximum Gasteiger partial charge on any atom is 0.150 e. The van der Waals surface area contributed by atoms with E-state index < -0.39 is 11.6 Å². The molecule has 0 atom stereocenters. The van der Waals surface area contributed by atoms with Crippen LogP contribution in [0.4, 0.5) is 25.8 Å². The van der Waals surface area contributed by atoms with E-state index in [1.54, 1.807) is 0 Å². The Morgan fingerprint density at radius 1 is 1.00 bits per heavy atom. The van der Waals surface area contributed by atoms with Gasteiger partial charge in [0.2, 0.25) is 0 Å². The fourth-order valence-electron chi connectivity index (χ4n) is 3.48. The van der Waals surface area contributed by atoms with Crippen LogP contribution in [0.1, 0.15) is 19.3 Å². The van der Waals surface area contributed by atoms with Gasteiger partial charge in [0.25, 0.3) is 0 Å². The zero-order chi connectivity index (χ0) is 17.2. The average Bonchev–Trinajstić information content (AvgIpc) is 3.00. The summed E-state index contributed by atoms with van der Waals surface area (Å²) >= 11 is 1.49. The number of piperidine rings is 1. The molecule has 0 spiro atoms. The highest BCUT2D eigenvalue weighted by Gasteiger charge is 2.30. The van der Waals surface area contributed by atoms with E-state index in [0.717, 1.165) is 49.4 Å². The van der Waals surface area contributed by atoms with Crippen LogP contribution in [0.15, 0.2) is 42.5 Å². The molecule has 2 aliphatic heterocycles. The summed E-state index contributed by atoms with van der Waals surface area (Å²) in [5, 5.41) is 3.40. The standard InChI is InChI=1S/C19H21F2N3S/c20-15-5-6-17(16(21)13-15)24-19-4-2-1-3-18(19)23(25-24)12-9-14-7-10-22-11-8-14/h1-6,13-14,22H,7-12H2. The van der Waals surface area contributed by atoms with E-state index in [0.29, 0.717) is 5.69 Å². The second-order valence-corrected chi connectivity index (χ2v) is 7.51. The number of fused-ring (bicyclic) bond motifs is 1. The summed E-state index contributed by atoms with van der Waals surface area (Å²) in [6, 6.07) is 11.7. The predicted octanol–water partition coefficient (Wildman–Crippen LogP) is 4.88. The number of anilines is 3. The molecule has 132 valence electrons. The van der Waals surface area contributed by atoms with Crippen molar-refractivity contribution in [2.24, 2.45) is 5.92 Å². The van der Waals surface area contributed by atoms with Crippen molar-refractivity contribution < 1.29 is 8.78 Å². The second kappa shape index (κ2) is 7.22. The number of rotatable bonds is 4.